The number of nitrogens with one attached hydrogen (secondary N) is 1. The lowest BCUT2D eigenvalue weighted by molar-refractivity contribution is 0.302. The lowest BCUT2D eigenvalue weighted by Gasteiger charge is -2.15. The first kappa shape index (κ1) is 19.3. The standard InChI is InChI=1S/C23H19ClFN7O3/c1-32-21(18-12(7-26)17(35-10-3-4-10)6-14(24)20(18)25)13(9-28-32)15-5-11-16(8-27)30-31-22(33)19(11)23(29-15)34-2/h5-6,9-10H,3-4,8,27H2,1-2H3,(H,31,33)/i2D3. The lowest BCUT2D eigenvalue weighted by atomic mass is 9.98. The van der Waals surface area contributed by atoms with E-state index in [-0.39, 0.29) is 68.0 Å². The van der Waals surface area contributed by atoms with Gasteiger partial charge in [0.2, 0.25) is 5.88 Å². The van der Waals surface area contributed by atoms with Crippen molar-refractivity contribution in [3.63, 3.8) is 0 Å². The molecule has 0 atom stereocenters. The highest BCUT2D eigenvalue weighted by Gasteiger charge is 2.30. The van der Waals surface area contributed by atoms with Crippen molar-refractivity contribution in [2.45, 2.75) is 25.5 Å². The molecule has 4 aromatic rings. The van der Waals surface area contributed by atoms with E-state index in [1.165, 1.54) is 30.1 Å². The first-order valence-electron chi connectivity index (χ1n) is 11.9. The number of benzene rings is 1. The number of fused-ring (bicyclic) bond motifs is 1. The Balaban J connectivity index is 1.81. The van der Waals surface area contributed by atoms with Crippen LogP contribution in [0, 0.1) is 17.1 Å². The largest absolute Gasteiger partial charge is 0.489 e. The van der Waals surface area contributed by atoms with E-state index in [0.717, 1.165) is 12.8 Å². The smallest absolute Gasteiger partial charge is 0.277 e. The fourth-order valence-electron chi connectivity index (χ4n) is 3.89. The number of nitrogens with two attached hydrogens (primary N) is 1. The zero-order chi connectivity index (χ0) is 27.4. The van der Waals surface area contributed by atoms with Crippen LogP contribution in [-0.4, -0.2) is 38.1 Å². The minimum absolute atomic E-state index is 0.0647. The SMILES string of the molecule is [2H]C([2H])([2H])Oc1nc(-c2cnn(C)c2-c2c(F)c(Cl)cc(OC3CC3)c2C#N)cc2c(CN)n[nH]c(=O)c12. The molecule has 5 rings (SSSR count). The number of methoxy groups -OCH3 is 1. The number of nitrogens with zero attached hydrogens (tertiary/aromatic N) is 5. The molecule has 1 fully saturated rings. The van der Waals surface area contributed by atoms with Crippen molar-refractivity contribution in [1.29, 1.82) is 5.26 Å². The highest BCUT2D eigenvalue weighted by atomic mass is 35.5. The molecule has 0 aliphatic heterocycles. The van der Waals surface area contributed by atoms with Crippen LogP contribution in [0.2, 0.25) is 5.02 Å². The summed E-state index contributed by atoms with van der Waals surface area (Å²) >= 11 is 6.20. The van der Waals surface area contributed by atoms with Gasteiger partial charge in [-0.25, -0.2) is 14.5 Å². The molecular weight excluding hydrogens is 477 g/mol. The summed E-state index contributed by atoms with van der Waals surface area (Å²) in [5, 5.41) is 20.1. The Morgan fingerprint density at radius 2 is 2.26 bits per heavy atom. The lowest BCUT2D eigenvalue weighted by Crippen LogP contribution is -2.15. The van der Waals surface area contributed by atoms with Gasteiger partial charge in [-0.3, -0.25) is 9.48 Å². The molecule has 10 nitrogen and oxygen atoms in total. The molecule has 3 heterocycles. The molecule has 0 spiro atoms. The van der Waals surface area contributed by atoms with Crippen LogP contribution in [0.4, 0.5) is 4.39 Å². The zero-order valence-corrected chi connectivity index (χ0v) is 19.0. The van der Waals surface area contributed by atoms with Crippen LogP contribution in [0.1, 0.15) is 28.2 Å². The normalized spacial score (nSPS) is 14.8. The molecular formula is C23H19ClFN7O3. The number of H-pyrrole nitrogens is 1. The van der Waals surface area contributed by atoms with E-state index in [9.17, 15) is 10.1 Å². The number of halogens is 2. The molecule has 178 valence electrons. The molecule has 1 aromatic carbocycles. The van der Waals surface area contributed by atoms with E-state index in [4.69, 9.17) is 30.9 Å². The third kappa shape index (κ3) is 3.77. The molecule has 3 N–H and O–H groups in total. The minimum Gasteiger partial charge on any atom is -0.489 e. The van der Waals surface area contributed by atoms with Crippen molar-refractivity contribution in [2.75, 3.05) is 7.04 Å². The molecule has 0 unspecified atom stereocenters. The van der Waals surface area contributed by atoms with E-state index in [1.807, 2.05) is 6.07 Å². The molecule has 3 aromatic heterocycles. The first-order chi connectivity index (χ1) is 18.0. The molecule has 1 aliphatic rings. The second kappa shape index (κ2) is 8.65. The zero-order valence-electron chi connectivity index (χ0n) is 21.2. The van der Waals surface area contributed by atoms with Crippen LogP contribution < -0.4 is 20.8 Å². The van der Waals surface area contributed by atoms with Crippen molar-refractivity contribution in [2.24, 2.45) is 12.8 Å². The number of aromatic amines is 1. The van der Waals surface area contributed by atoms with Gasteiger partial charge in [0.05, 0.1) is 51.1 Å². The molecule has 0 radical (unpaired) electrons. The van der Waals surface area contributed by atoms with Crippen LogP contribution in [0.25, 0.3) is 33.3 Å². The second-order valence-corrected chi connectivity index (χ2v) is 8.33. The van der Waals surface area contributed by atoms with Crippen LogP contribution >= 0.6 is 11.6 Å². The summed E-state index contributed by atoms with van der Waals surface area (Å²) in [6.45, 7) is -0.104. The third-order valence-corrected chi connectivity index (χ3v) is 5.95. The highest BCUT2D eigenvalue weighted by molar-refractivity contribution is 6.31. The van der Waals surface area contributed by atoms with Crippen LogP contribution in [0.3, 0.4) is 0 Å². The summed E-state index contributed by atoms with van der Waals surface area (Å²) in [5.74, 6) is -1.25. The van der Waals surface area contributed by atoms with E-state index >= 15 is 4.39 Å². The Hall–Kier alpha value is -4.01. The van der Waals surface area contributed by atoms with E-state index in [1.54, 1.807) is 0 Å². The molecule has 0 bridgehead atoms. The van der Waals surface area contributed by atoms with Gasteiger partial charge in [0.1, 0.15) is 22.8 Å². The Morgan fingerprint density at radius 3 is 2.94 bits per heavy atom. The van der Waals surface area contributed by atoms with Crippen molar-refractivity contribution in [3.05, 3.63) is 50.8 Å². The summed E-state index contributed by atoms with van der Waals surface area (Å²) in [5.41, 5.74) is 5.41. The van der Waals surface area contributed by atoms with Gasteiger partial charge in [-0.1, -0.05) is 11.6 Å². The number of hydrogen-bond donors (Lipinski definition) is 2. The maximum Gasteiger partial charge on any atom is 0.277 e. The van der Waals surface area contributed by atoms with Crippen LogP contribution in [-0.2, 0) is 13.6 Å². The van der Waals surface area contributed by atoms with Gasteiger partial charge in [-0.2, -0.15) is 15.5 Å². The van der Waals surface area contributed by atoms with Gasteiger partial charge in [0.25, 0.3) is 5.56 Å². The van der Waals surface area contributed by atoms with Gasteiger partial charge >= 0.3 is 0 Å². The average Bonchev–Trinajstić information content (AvgIpc) is 3.59. The number of ether oxygens (including phenoxy) is 2. The predicted molar refractivity (Wildman–Crippen MR) is 126 cm³/mol. The van der Waals surface area contributed by atoms with Crippen molar-refractivity contribution in [3.8, 4) is 40.2 Å². The fourth-order valence-corrected chi connectivity index (χ4v) is 4.08. The Labute approximate surface area is 207 Å². The number of nitriles is 1. The van der Waals surface area contributed by atoms with Gasteiger partial charge in [-0.15, -0.1) is 0 Å². The summed E-state index contributed by atoms with van der Waals surface area (Å²) in [6.07, 6.45) is 2.87. The number of rotatable bonds is 6. The summed E-state index contributed by atoms with van der Waals surface area (Å²) in [4.78, 5) is 16.9. The Morgan fingerprint density at radius 1 is 1.46 bits per heavy atom. The number of hydrogen-bond acceptors (Lipinski definition) is 8. The van der Waals surface area contributed by atoms with Gasteiger partial charge < -0.3 is 15.2 Å². The van der Waals surface area contributed by atoms with E-state index < -0.39 is 24.3 Å². The molecule has 12 heteroatoms. The van der Waals surface area contributed by atoms with Crippen LogP contribution in [0.15, 0.2) is 23.1 Å². The maximum absolute atomic E-state index is 15.6. The van der Waals surface area contributed by atoms with Gasteiger partial charge in [0.15, 0.2) is 5.82 Å². The number of aromatic nitrogens is 5. The molecule has 0 saturated heterocycles. The average molecular weight is 499 g/mol. The van der Waals surface area contributed by atoms with Gasteiger partial charge in [0, 0.05) is 30.6 Å². The van der Waals surface area contributed by atoms with E-state index in [0.29, 0.717) is 0 Å². The van der Waals surface area contributed by atoms with E-state index in [2.05, 4.69) is 20.3 Å². The summed E-state index contributed by atoms with van der Waals surface area (Å²) in [7, 11) is -1.42. The molecule has 0 amide bonds. The molecule has 1 saturated carbocycles. The summed E-state index contributed by atoms with van der Waals surface area (Å²) < 4.78 is 50.4. The topological polar surface area (TPSA) is 145 Å². The number of pyridine rings is 1. The maximum atomic E-state index is 15.6. The number of aryl methyl sites for hydroxylation is 1. The quantitative estimate of drug-likeness (QED) is 0.412. The predicted octanol–water partition coefficient (Wildman–Crippen LogP) is 3.06. The second-order valence-electron chi connectivity index (χ2n) is 7.92. The molecule has 1 aliphatic carbocycles. The first-order valence-corrected chi connectivity index (χ1v) is 10.8. The van der Waals surface area contributed by atoms with Gasteiger partial charge in [-0.05, 0) is 18.9 Å². The molecule has 35 heavy (non-hydrogen) atoms. The minimum atomic E-state index is -2.95. The summed E-state index contributed by atoms with van der Waals surface area (Å²) in [6, 6.07) is 4.71. The third-order valence-electron chi connectivity index (χ3n) is 5.67. The Kier molecular flexibility index (Phi) is 4.77. The highest BCUT2D eigenvalue weighted by Crippen LogP contribution is 2.43. The van der Waals surface area contributed by atoms with Crippen molar-refractivity contribution in [1.82, 2.24) is 25.0 Å². The van der Waals surface area contributed by atoms with Crippen molar-refractivity contribution < 1.29 is 18.0 Å². The van der Waals surface area contributed by atoms with Crippen LogP contribution in [0.5, 0.6) is 11.6 Å². The monoisotopic (exact) mass is 498 g/mol. The fraction of sp³-hybridized carbons (Fsp3) is 0.261. The van der Waals surface area contributed by atoms with Crippen molar-refractivity contribution >= 4 is 22.4 Å². The Bertz CT molecular complexity index is 1690.